The first-order valence-electron chi connectivity index (χ1n) is 7.33. The molecule has 1 aromatic carbocycles. The molecule has 0 aliphatic carbocycles. The molecule has 0 unspecified atom stereocenters. The van der Waals surface area contributed by atoms with Crippen molar-refractivity contribution in [2.45, 2.75) is 12.7 Å². The van der Waals surface area contributed by atoms with E-state index in [4.69, 9.17) is 10.4 Å². The molecule has 2 aromatic rings. The number of nitrogens with zero attached hydrogens (tertiary/aromatic N) is 3. The molecule has 0 aliphatic heterocycles. The fraction of sp³-hybridized carbons (Fsp3) is 0.312. The molecule has 0 amide bonds. The number of hydrogen-bond acceptors (Lipinski definition) is 5. The van der Waals surface area contributed by atoms with Crippen molar-refractivity contribution in [3.05, 3.63) is 48.0 Å². The van der Waals surface area contributed by atoms with Crippen LogP contribution in [0.25, 0.3) is 0 Å². The van der Waals surface area contributed by atoms with Crippen molar-refractivity contribution in [2.75, 3.05) is 19.3 Å². The number of thioether (sulfide) groups is 1. The minimum absolute atomic E-state index is 0. The number of nitrogens with one attached hydrogen (secondary N) is 3. The fourth-order valence-electron chi connectivity index (χ4n) is 1.60. The summed E-state index contributed by atoms with van der Waals surface area (Å²) in [6, 6.07) is 8.71. The first-order chi connectivity index (χ1) is 11.7. The Hall–Kier alpha value is -2.37. The Kier molecular flexibility index (Phi) is 12.7. The van der Waals surface area contributed by atoms with Crippen LogP contribution in [-0.4, -0.2) is 40.4 Å². The second-order valence-corrected chi connectivity index (χ2v) is 5.70. The summed E-state index contributed by atoms with van der Waals surface area (Å²) in [5.41, 5.74) is 2.21. The van der Waals surface area contributed by atoms with E-state index in [1.54, 1.807) is 49.4 Å². The topological polar surface area (TPSA) is 109 Å². The number of aromatic amines is 1. The molecule has 0 fully saturated rings. The molecule has 1 aromatic heterocycles. The number of rotatable bonds is 5. The second kappa shape index (κ2) is 14.0. The highest BCUT2D eigenvalue weighted by molar-refractivity contribution is 7.98. The van der Waals surface area contributed by atoms with E-state index in [1.165, 1.54) is 0 Å². The van der Waals surface area contributed by atoms with E-state index >= 15 is 0 Å². The Bertz CT molecular complexity index is 656. The number of aliphatic imine (C=N–C) groups is 1. The first kappa shape index (κ1) is 22.6. The third-order valence-electron chi connectivity index (χ3n) is 2.87. The molecular formula is C16H23ClN6OS. The third kappa shape index (κ3) is 10.2. The van der Waals surface area contributed by atoms with E-state index in [0.29, 0.717) is 11.7 Å². The summed E-state index contributed by atoms with van der Waals surface area (Å²) in [5, 5.41) is 22.6. The quantitative estimate of drug-likeness (QED) is 0.208. The standard InChI is InChI=1S/C10H16N6S.C6H6O.ClH/c1-8-9(16-7-15-8)5-17-4-3-13-10(12-2)14-6-11;7-6-4-2-1-3-5-6;/h7H,3-5H2,1-2H3,(H,15,16)(H2,12,13,14);1-5,7H;1H. The number of benzene rings is 1. The van der Waals surface area contributed by atoms with Crippen molar-refractivity contribution < 1.29 is 5.11 Å². The number of aromatic hydroxyl groups is 1. The zero-order valence-corrected chi connectivity index (χ0v) is 15.8. The molecule has 2 rings (SSSR count). The minimum Gasteiger partial charge on any atom is -0.508 e. The van der Waals surface area contributed by atoms with Gasteiger partial charge in [-0.3, -0.25) is 10.3 Å². The lowest BCUT2D eigenvalue weighted by Crippen LogP contribution is -2.35. The number of nitriles is 1. The summed E-state index contributed by atoms with van der Waals surface area (Å²) in [6.07, 6.45) is 3.54. The summed E-state index contributed by atoms with van der Waals surface area (Å²) in [6.45, 7) is 2.77. The van der Waals surface area contributed by atoms with E-state index in [2.05, 4.69) is 25.6 Å². The van der Waals surface area contributed by atoms with Gasteiger partial charge in [0.15, 0.2) is 6.19 Å². The molecule has 0 radical (unpaired) electrons. The lowest BCUT2D eigenvalue weighted by Gasteiger charge is -2.06. The second-order valence-electron chi connectivity index (χ2n) is 4.60. The van der Waals surface area contributed by atoms with Gasteiger partial charge in [-0.05, 0) is 19.1 Å². The molecule has 0 atom stereocenters. The van der Waals surface area contributed by atoms with Crippen molar-refractivity contribution >= 4 is 30.1 Å². The molecule has 0 spiro atoms. The van der Waals surface area contributed by atoms with Crippen LogP contribution in [-0.2, 0) is 5.75 Å². The summed E-state index contributed by atoms with van der Waals surface area (Å²) >= 11 is 1.79. The lowest BCUT2D eigenvalue weighted by molar-refractivity contribution is 0.475. The summed E-state index contributed by atoms with van der Waals surface area (Å²) in [5.74, 6) is 2.64. The fourth-order valence-corrected chi connectivity index (χ4v) is 2.48. The van der Waals surface area contributed by atoms with Gasteiger partial charge >= 0.3 is 0 Å². The molecule has 1 heterocycles. The highest BCUT2D eigenvalue weighted by Gasteiger charge is 2.00. The van der Waals surface area contributed by atoms with Gasteiger partial charge < -0.3 is 15.4 Å². The Balaban J connectivity index is 0.000000603. The van der Waals surface area contributed by atoms with Gasteiger partial charge in [0.25, 0.3) is 0 Å². The average molecular weight is 383 g/mol. The van der Waals surface area contributed by atoms with Crippen LogP contribution in [0.3, 0.4) is 0 Å². The van der Waals surface area contributed by atoms with Gasteiger partial charge in [-0.2, -0.15) is 17.0 Å². The van der Waals surface area contributed by atoms with Crippen LogP contribution in [0.15, 0.2) is 41.7 Å². The number of aromatic nitrogens is 2. The number of para-hydroxylation sites is 1. The lowest BCUT2D eigenvalue weighted by atomic mass is 10.3. The van der Waals surface area contributed by atoms with Crippen molar-refractivity contribution in [2.24, 2.45) is 4.99 Å². The van der Waals surface area contributed by atoms with Crippen molar-refractivity contribution in [3.8, 4) is 11.9 Å². The zero-order valence-electron chi connectivity index (χ0n) is 14.2. The number of aryl methyl sites for hydroxylation is 1. The van der Waals surface area contributed by atoms with E-state index in [9.17, 15) is 0 Å². The average Bonchev–Trinajstić information content (AvgIpc) is 3.00. The van der Waals surface area contributed by atoms with Gasteiger partial charge in [0.2, 0.25) is 5.96 Å². The molecule has 136 valence electrons. The van der Waals surface area contributed by atoms with Crippen LogP contribution < -0.4 is 10.6 Å². The summed E-state index contributed by atoms with van der Waals surface area (Å²) in [7, 11) is 1.63. The largest absolute Gasteiger partial charge is 0.508 e. The molecular weight excluding hydrogens is 360 g/mol. The van der Waals surface area contributed by atoms with Gasteiger partial charge in [0.05, 0.1) is 12.0 Å². The Morgan fingerprint density at radius 3 is 2.60 bits per heavy atom. The SMILES string of the molecule is CN=C(NC#N)NCCSCc1nc[nH]c1C.Cl.Oc1ccccc1. The molecule has 0 aliphatic rings. The Morgan fingerprint density at radius 1 is 1.40 bits per heavy atom. The highest BCUT2D eigenvalue weighted by Crippen LogP contribution is 2.11. The van der Waals surface area contributed by atoms with E-state index in [-0.39, 0.29) is 12.4 Å². The van der Waals surface area contributed by atoms with Crippen molar-refractivity contribution in [1.82, 2.24) is 20.6 Å². The van der Waals surface area contributed by atoms with Crippen LogP contribution >= 0.6 is 24.2 Å². The molecule has 0 saturated carbocycles. The Morgan fingerprint density at radius 2 is 2.12 bits per heavy atom. The van der Waals surface area contributed by atoms with Gasteiger partial charge in [-0.15, -0.1) is 12.4 Å². The highest BCUT2D eigenvalue weighted by atomic mass is 35.5. The van der Waals surface area contributed by atoms with Crippen LogP contribution in [0, 0.1) is 18.4 Å². The number of guanidine groups is 1. The van der Waals surface area contributed by atoms with Gasteiger partial charge in [0.1, 0.15) is 5.75 Å². The van der Waals surface area contributed by atoms with E-state index in [0.717, 1.165) is 29.4 Å². The normalized spacial score (nSPS) is 9.88. The maximum atomic E-state index is 8.63. The van der Waals surface area contributed by atoms with Crippen LogP contribution in [0.2, 0.25) is 0 Å². The number of phenols is 1. The minimum atomic E-state index is 0. The smallest absolute Gasteiger partial charge is 0.204 e. The molecule has 25 heavy (non-hydrogen) atoms. The maximum absolute atomic E-state index is 8.63. The van der Waals surface area contributed by atoms with E-state index in [1.807, 2.05) is 19.2 Å². The maximum Gasteiger partial charge on any atom is 0.204 e. The molecule has 7 nitrogen and oxygen atoms in total. The van der Waals surface area contributed by atoms with Crippen molar-refractivity contribution in [3.63, 3.8) is 0 Å². The Labute approximate surface area is 158 Å². The molecule has 0 bridgehead atoms. The monoisotopic (exact) mass is 382 g/mol. The molecule has 0 saturated heterocycles. The van der Waals surface area contributed by atoms with Crippen LogP contribution in [0.1, 0.15) is 11.4 Å². The number of H-pyrrole nitrogens is 1. The third-order valence-corrected chi connectivity index (χ3v) is 3.84. The number of hydrogen-bond donors (Lipinski definition) is 4. The predicted molar refractivity (Wildman–Crippen MR) is 105 cm³/mol. The summed E-state index contributed by atoms with van der Waals surface area (Å²) in [4.78, 5) is 11.2. The predicted octanol–water partition coefficient (Wildman–Crippen LogP) is 2.41. The molecule has 9 heteroatoms. The van der Waals surface area contributed by atoms with Gasteiger partial charge in [-0.25, -0.2) is 4.98 Å². The van der Waals surface area contributed by atoms with Gasteiger partial charge in [-0.1, -0.05) is 18.2 Å². The first-order valence-corrected chi connectivity index (χ1v) is 8.49. The summed E-state index contributed by atoms with van der Waals surface area (Å²) < 4.78 is 0. The zero-order chi connectivity index (χ0) is 17.6. The van der Waals surface area contributed by atoms with Crippen LogP contribution in [0.5, 0.6) is 5.75 Å². The molecule has 4 N–H and O–H groups in total. The number of halogens is 1. The van der Waals surface area contributed by atoms with E-state index < -0.39 is 0 Å². The van der Waals surface area contributed by atoms with Crippen molar-refractivity contribution in [1.29, 1.82) is 5.26 Å². The number of imidazole rings is 1. The number of phenolic OH excluding ortho intramolecular Hbond substituents is 1. The van der Waals surface area contributed by atoms with Gasteiger partial charge in [0, 0.05) is 30.8 Å². The van der Waals surface area contributed by atoms with Crippen LogP contribution in [0.4, 0.5) is 0 Å².